The second-order valence-corrected chi connectivity index (χ2v) is 3.29. The number of hydrogen-bond donors (Lipinski definition) is 2. The van der Waals surface area contributed by atoms with Crippen LogP contribution in [0, 0.1) is 0 Å². The van der Waals surface area contributed by atoms with Crippen LogP contribution < -0.4 is 5.73 Å². The van der Waals surface area contributed by atoms with Gasteiger partial charge in [-0.2, -0.15) is 0 Å². The molecule has 0 radical (unpaired) electrons. The van der Waals surface area contributed by atoms with Gasteiger partial charge in [-0.15, -0.1) is 0 Å². The molecule has 0 aliphatic heterocycles. The molecule has 0 unspecified atom stereocenters. The Kier molecular flexibility index (Phi) is 4.27. The summed E-state index contributed by atoms with van der Waals surface area (Å²) in [6.45, 7) is 0.574. The first-order valence-corrected chi connectivity index (χ1v) is 4.78. The van der Waals surface area contributed by atoms with E-state index in [1.165, 1.54) is 6.20 Å². The highest BCUT2D eigenvalue weighted by Crippen LogP contribution is 2.16. The summed E-state index contributed by atoms with van der Waals surface area (Å²) in [4.78, 5) is 14.4. The van der Waals surface area contributed by atoms with Gasteiger partial charge >= 0.3 is 5.97 Å². The number of carboxylic acids is 1. The number of aromatic nitrogens is 1. The molecule has 0 spiro atoms. The monoisotopic (exact) mass is 226 g/mol. The molecule has 5 heteroatoms. The lowest BCUT2D eigenvalue weighted by Gasteiger charge is -1.98. The molecular weight excluding hydrogens is 216 g/mol. The van der Waals surface area contributed by atoms with Crippen molar-refractivity contribution in [1.29, 1.82) is 0 Å². The zero-order valence-corrected chi connectivity index (χ0v) is 8.74. The molecule has 1 rings (SSSR count). The number of carboxylic acid groups (broad SMARTS) is 1. The van der Waals surface area contributed by atoms with Crippen molar-refractivity contribution >= 4 is 23.6 Å². The lowest BCUT2D eigenvalue weighted by Crippen LogP contribution is -2.01. The minimum absolute atomic E-state index is 0.132. The molecular formula is C10H11ClN2O2. The fraction of sp³-hybridized carbons (Fsp3) is 0.200. The Bertz CT molecular complexity index is 391. The topological polar surface area (TPSA) is 76.2 Å². The summed E-state index contributed by atoms with van der Waals surface area (Å²) >= 11 is 5.74. The quantitative estimate of drug-likeness (QED) is 0.821. The molecule has 0 bridgehead atoms. The van der Waals surface area contributed by atoms with E-state index in [2.05, 4.69) is 4.98 Å². The van der Waals surface area contributed by atoms with Crippen molar-refractivity contribution in [2.75, 3.05) is 6.54 Å². The molecule has 0 aliphatic rings. The van der Waals surface area contributed by atoms with Gasteiger partial charge in [0.25, 0.3) is 0 Å². The van der Waals surface area contributed by atoms with Crippen LogP contribution in [0.15, 0.2) is 18.3 Å². The molecule has 0 saturated carbocycles. The van der Waals surface area contributed by atoms with Crippen molar-refractivity contribution in [2.24, 2.45) is 5.73 Å². The Morgan fingerprint density at radius 1 is 1.67 bits per heavy atom. The SMILES string of the molecule is NCCC=Cc1cnc(C(=O)O)c(Cl)c1. The van der Waals surface area contributed by atoms with Gasteiger partial charge in [0.2, 0.25) is 0 Å². The smallest absolute Gasteiger partial charge is 0.356 e. The van der Waals surface area contributed by atoms with Crippen molar-refractivity contribution in [3.63, 3.8) is 0 Å². The Balaban J connectivity index is 2.87. The third kappa shape index (κ3) is 3.34. The molecule has 1 heterocycles. The highest BCUT2D eigenvalue weighted by molar-refractivity contribution is 6.33. The zero-order valence-electron chi connectivity index (χ0n) is 7.98. The minimum Gasteiger partial charge on any atom is -0.476 e. The molecule has 0 saturated heterocycles. The predicted octanol–water partition coefficient (Wildman–Crippen LogP) is 1.80. The number of hydrogen-bond acceptors (Lipinski definition) is 3. The van der Waals surface area contributed by atoms with E-state index in [9.17, 15) is 4.79 Å². The van der Waals surface area contributed by atoms with Gasteiger partial charge in [0.05, 0.1) is 5.02 Å². The number of pyridine rings is 1. The molecule has 0 amide bonds. The molecule has 4 nitrogen and oxygen atoms in total. The molecule has 0 aliphatic carbocycles. The van der Waals surface area contributed by atoms with Gasteiger partial charge in [0, 0.05) is 6.20 Å². The predicted molar refractivity (Wildman–Crippen MR) is 58.9 cm³/mol. The number of carbonyl (C=O) groups is 1. The van der Waals surface area contributed by atoms with E-state index in [1.807, 2.05) is 6.08 Å². The number of nitrogens with zero attached hydrogens (tertiary/aromatic N) is 1. The summed E-state index contributed by atoms with van der Waals surface area (Å²) < 4.78 is 0. The Morgan fingerprint density at radius 2 is 2.40 bits per heavy atom. The first-order chi connectivity index (χ1) is 7.15. The Labute approximate surface area is 92.4 Å². The highest BCUT2D eigenvalue weighted by Gasteiger charge is 2.09. The number of aromatic carboxylic acids is 1. The third-order valence-corrected chi connectivity index (χ3v) is 2.00. The van der Waals surface area contributed by atoms with Gasteiger partial charge < -0.3 is 10.8 Å². The average molecular weight is 227 g/mol. The number of nitrogens with two attached hydrogens (primary N) is 1. The van der Waals surface area contributed by atoms with E-state index in [-0.39, 0.29) is 10.7 Å². The molecule has 1 aromatic heterocycles. The molecule has 0 atom stereocenters. The summed E-state index contributed by atoms with van der Waals surface area (Å²) in [6, 6.07) is 1.56. The molecule has 80 valence electrons. The van der Waals surface area contributed by atoms with E-state index in [1.54, 1.807) is 12.1 Å². The van der Waals surface area contributed by atoms with Crippen molar-refractivity contribution in [3.05, 3.63) is 34.6 Å². The molecule has 1 aromatic rings. The molecule has 0 fully saturated rings. The number of halogens is 1. The largest absolute Gasteiger partial charge is 0.476 e. The van der Waals surface area contributed by atoms with Crippen LogP contribution in [-0.2, 0) is 0 Å². The highest BCUT2D eigenvalue weighted by atomic mass is 35.5. The van der Waals surface area contributed by atoms with E-state index in [0.29, 0.717) is 6.54 Å². The van der Waals surface area contributed by atoms with Gasteiger partial charge in [-0.1, -0.05) is 23.8 Å². The maximum Gasteiger partial charge on any atom is 0.356 e. The number of rotatable bonds is 4. The maximum absolute atomic E-state index is 10.6. The van der Waals surface area contributed by atoms with E-state index in [4.69, 9.17) is 22.4 Å². The van der Waals surface area contributed by atoms with Gasteiger partial charge in [0.15, 0.2) is 5.69 Å². The fourth-order valence-corrected chi connectivity index (χ4v) is 1.27. The zero-order chi connectivity index (χ0) is 11.3. The fourth-order valence-electron chi connectivity index (χ4n) is 1.02. The Hall–Kier alpha value is -1.39. The van der Waals surface area contributed by atoms with Crippen molar-refractivity contribution in [1.82, 2.24) is 4.98 Å². The van der Waals surface area contributed by atoms with E-state index in [0.717, 1.165) is 12.0 Å². The lowest BCUT2D eigenvalue weighted by atomic mass is 10.2. The summed E-state index contributed by atoms with van der Waals surface area (Å²) in [5.41, 5.74) is 5.95. The van der Waals surface area contributed by atoms with Gasteiger partial charge in [-0.3, -0.25) is 0 Å². The normalized spacial score (nSPS) is 10.8. The third-order valence-electron chi connectivity index (χ3n) is 1.71. The van der Waals surface area contributed by atoms with Crippen molar-refractivity contribution in [3.8, 4) is 0 Å². The van der Waals surface area contributed by atoms with Crippen molar-refractivity contribution < 1.29 is 9.90 Å². The summed E-state index contributed by atoms with van der Waals surface area (Å²) in [5, 5.41) is 8.83. The van der Waals surface area contributed by atoms with E-state index >= 15 is 0 Å². The minimum atomic E-state index is -1.13. The van der Waals surface area contributed by atoms with Crippen LogP contribution in [0.3, 0.4) is 0 Å². The van der Waals surface area contributed by atoms with Crippen LogP contribution >= 0.6 is 11.6 Å². The summed E-state index contributed by atoms with van der Waals surface area (Å²) in [5.74, 6) is -1.13. The van der Waals surface area contributed by atoms with Gasteiger partial charge in [-0.25, -0.2) is 9.78 Å². The van der Waals surface area contributed by atoms with Crippen LogP contribution in [0.1, 0.15) is 22.5 Å². The summed E-state index contributed by atoms with van der Waals surface area (Å²) in [7, 11) is 0. The molecule has 3 N–H and O–H groups in total. The maximum atomic E-state index is 10.6. The van der Waals surface area contributed by atoms with E-state index < -0.39 is 5.97 Å². The van der Waals surface area contributed by atoms with Crippen LogP contribution in [0.2, 0.25) is 5.02 Å². The van der Waals surface area contributed by atoms with Crippen molar-refractivity contribution in [2.45, 2.75) is 6.42 Å². The molecule has 0 aromatic carbocycles. The first-order valence-electron chi connectivity index (χ1n) is 4.40. The standard InChI is InChI=1S/C10H11ClN2O2/c11-8-5-7(3-1-2-4-12)6-13-9(8)10(14)15/h1,3,5-6H,2,4,12H2,(H,14,15). The van der Waals surface area contributed by atoms with Crippen LogP contribution in [0.25, 0.3) is 6.08 Å². The first kappa shape index (κ1) is 11.7. The second-order valence-electron chi connectivity index (χ2n) is 2.88. The van der Waals surface area contributed by atoms with Crippen LogP contribution in [0.4, 0.5) is 0 Å². The summed E-state index contributed by atoms with van der Waals surface area (Å²) in [6.07, 6.45) is 5.91. The Morgan fingerprint density at radius 3 is 2.93 bits per heavy atom. The molecule has 15 heavy (non-hydrogen) atoms. The van der Waals surface area contributed by atoms with Crippen LogP contribution in [-0.4, -0.2) is 22.6 Å². The lowest BCUT2D eigenvalue weighted by molar-refractivity contribution is 0.0690. The van der Waals surface area contributed by atoms with Crippen LogP contribution in [0.5, 0.6) is 0 Å². The van der Waals surface area contributed by atoms with Gasteiger partial charge in [0.1, 0.15) is 0 Å². The second kappa shape index (κ2) is 5.48. The van der Waals surface area contributed by atoms with Gasteiger partial charge in [-0.05, 0) is 24.6 Å². The average Bonchev–Trinajstić information content (AvgIpc) is 2.17.